The van der Waals surface area contributed by atoms with E-state index in [1.54, 1.807) is 11.9 Å². The molecule has 0 radical (unpaired) electrons. The second kappa shape index (κ2) is 6.16. The van der Waals surface area contributed by atoms with E-state index in [0.717, 1.165) is 6.54 Å². The number of amides is 1. The van der Waals surface area contributed by atoms with Gasteiger partial charge in [-0.15, -0.1) is 0 Å². The standard InChI is InChI=1S/C6H11NO2.C2H6/c1-7-3-5-9-4-2-6(7)8;1-2/h2-5H2,1H3;1-2H3. The molecule has 66 valence electrons. The van der Waals surface area contributed by atoms with Gasteiger partial charge in [0.1, 0.15) is 0 Å². The van der Waals surface area contributed by atoms with E-state index in [4.69, 9.17) is 4.74 Å². The number of rotatable bonds is 0. The van der Waals surface area contributed by atoms with Crippen molar-refractivity contribution in [3.05, 3.63) is 0 Å². The van der Waals surface area contributed by atoms with E-state index in [0.29, 0.717) is 19.6 Å². The van der Waals surface area contributed by atoms with Crippen molar-refractivity contribution in [1.82, 2.24) is 4.90 Å². The Balaban J connectivity index is 0.000000461. The lowest BCUT2D eigenvalue weighted by molar-refractivity contribution is -0.129. The summed E-state index contributed by atoms with van der Waals surface area (Å²) in [7, 11) is 1.80. The van der Waals surface area contributed by atoms with E-state index < -0.39 is 0 Å². The molecule has 3 nitrogen and oxygen atoms in total. The Bertz CT molecular complexity index is 115. The van der Waals surface area contributed by atoms with Crippen molar-refractivity contribution >= 4 is 5.91 Å². The maximum Gasteiger partial charge on any atom is 0.224 e. The van der Waals surface area contributed by atoms with Gasteiger partial charge in [0.05, 0.1) is 19.6 Å². The van der Waals surface area contributed by atoms with Crippen molar-refractivity contribution in [2.45, 2.75) is 20.3 Å². The summed E-state index contributed by atoms with van der Waals surface area (Å²) < 4.78 is 5.07. The Kier molecular flexibility index (Phi) is 5.84. The molecule has 0 spiro atoms. The van der Waals surface area contributed by atoms with Crippen LogP contribution in [0.4, 0.5) is 0 Å². The predicted molar refractivity (Wildman–Crippen MR) is 44.4 cm³/mol. The fourth-order valence-corrected chi connectivity index (χ4v) is 0.779. The zero-order valence-electron chi connectivity index (χ0n) is 7.59. The van der Waals surface area contributed by atoms with Gasteiger partial charge < -0.3 is 9.64 Å². The second-order valence-electron chi connectivity index (χ2n) is 2.18. The second-order valence-corrected chi connectivity index (χ2v) is 2.18. The predicted octanol–water partition coefficient (Wildman–Crippen LogP) is 0.891. The topological polar surface area (TPSA) is 29.5 Å². The summed E-state index contributed by atoms with van der Waals surface area (Å²) in [5.41, 5.74) is 0. The summed E-state index contributed by atoms with van der Waals surface area (Å²) in [6.45, 7) is 6.00. The fourth-order valence-electron chi connectivity index (χ4n) is 0.779. The minimum atomic E-state index is 0.188. The third-order valence-electron chi connectivity index (χ3n) is 1.46. The highest BCUT2D eigenvalue weighted by molar-refractivity contribution is 5.76. The Hall–Kier alpha value is -0.570. The van der Waals surface area contributed by atoms with Gasteiger partial charge in [-0.2, -0.15) is 0 Å². The maximum atomic E-state index is 10.9. The van der Waals surface area contributed by atoms with Gasteiger partial charge >= 0.3 is 0 Å². The summed E-state index contributed by atoms with van der Waals surface area (Å²) in [6.07, 6.45) is 0.538. The molecule has 0 unspecified atom stereocenters. The molecule has 1 amide bonds. The van der Waals surface area contributed by atoms with Crippen LogP contribution in [-0.4, -0.2) is 37.6 Å². The van der Waals surface area contributed by atoms with E-state index in [-0.39, 0.29) is 5.91 Å². The molecule has 1 fully saturated rings. The molecule has 0 aromatic carbocycles. The summed E-state index contributed by atoms with van der Waals surface area (Å²) in [5.74, 6) is 0.188. The minimum absolute atomic E-state index is 0.188. The Morgan fingerprint density at radius 1 is 1.36 bits per heavy atom. The highest BCUT2D eigenvalue weighted by Gasteiger charge is 2.11. The molecule has 0 aromatic rings. The van der Waals surface area contributed by atoms with Crippen molar-refractivity contribution < 1.29 is 9.53 Å². The first kappa shape index (κ1) is 10.4. The van der Waals surface area contributed by atoms with Crippen molar-refractivity contribution in [3.63, 3.8) is 0 Å². The van der Waals surface area contributed by atoms with E-state index in [1.807, 2.05) is 13.8 Å². The van der Waals surface area contributed by atoms with Crippen LogP contribution >= 0.6 is 0 Å². The lowest BCUT2D eigenvalue weighted by Crippen LogP contribution is -2.26. The zero-order chi connectivity index (χ0) is 8.69. The SMILES string of the molecule is CC.CN1CCOCCC1=O. The summed E-state index contributed by atoms with van der Waals surface area (Å²) in [6, 6.07) is 0. The molecule has 0 N–H and O–H groups in total. The first-order valence-electron chi connectivity index (χ1n) is 4.12. The quantitative estimate of drug-likeness (QED) is 0.525. The summed E-state index contributed by atoms with van der Waals surface area (Å²) in [5, 5.41) is 0. The van der Waals surface area contributed by atoms with Crippen LogP contribution in [0.25, 0.3) is 0 Å². The molecule has 3 heteroatoms. The molecule has 1 rings (SSSR count). The van der Waals surface area contributed by atoms with Crippen molar-refractivity contribution in [2.75, 3.05) is 26.8 Å². The van der Waals surface area contributed by atoms with Crippen LogP contribution < -0.4 is 0 Å². The van der Waals surface area contributed by atoms with Crippen molar-refractivity contribution in [1.29, 1.82) is 0 Å². The fraction of sp³-hybridized carbons (Fsp3) is 0.875. The Morgan fingerprint density at radius 2 is 2.00 bits per heavy atom. The highest BCUT2D eigenvalue weighted by Crippen LogP contribution is 1.96. The van der Waals surface area contributed by atoms with E-state index in [2.05, 4.69) is 0 Å². The lowest BCUT2D eigenvalue weighted by Gasteiger charge is -2.10. The molecule has 1 heterocycles. The van der Waals surface area contributed by atoms with Gasteiger partial charge in [-0.25, -0.2) is 0 Å². The molecule has 0 atom stereocenters. The smallest absolute Gasteiger partial charge is 0.224 e. The third-order valence-corrected chi connectivity index (χ3v) is 1.46. The van der Waals surface area contributed by atoms with Gasteiger partial charge in [0, 0.05) is 13.6 Å². The van der Waals surface area contributed by atoms with Crippen LogP contribution in [0.5, 0.6) is 0 Å². The first-order valence-corrected chi connectivity index (χ1v) is 4.12. The molecular formula is C8H17NO2. The number of hydrogen-bond donors (Lipinski definition) is 0. The Labute approximate surface area is 68.3 Å². The number of likely N-dealkylation sites (N-methyl/N-ethyl adjacent to an activating group) is 1. The van der Waals surface area contributed by atoms with Gasteiger partial charge in [0.2, 0.25) is 5.91 Å². The van der Waals surface area contributed by atoms with Crippen molar-refractivity contribution in [3.8, 4) is 0 Å². The maximum absolute atomic E-state index is 10.9. The van der Waals surface area contributed by atoms with Gasteiger partial charge in [-0.05, 0) is 0 Å². The Morgan fingerprint density at radius 3 is 2.64 bits per heavy atom. The number of hydrogen-bond acceptors (Lipinski definition) is 2. The van der Waals surface area contributed by atoms with Gasteiger partial charge in [-0.1, -0.05) is 13.8 Å². The van der Waals surface area contributed by atoms with Gasteiger partial charge in [0.25, 0.3) is 0 Å². The number of ether oxygens (including phenoxy) is 1. The largest absolute Gasteiger partial charge is 0.379 e. The van der Waals surface area contributed by atoms with E-state index in [1.165, 1.54) is 0 Å². The van der Waals surface area contributed by atoms with Crippen LogP contribution in [0, 0.1) is 0 Å². The number of nitrogens with zero attached hydrogens (tertiary/aromatic N) is 1. The molecule has 1 saturated heterocycles. The van der Waals surface area contributed by atoms with Gasteiger partial charge in [-0.3, -0.25) is 4.79 Å². The average Bonchev–Trinajstić information content (AvgIpc) is 2.22. The normalized spacial score (nSPS) is 18.5. The van der Waals surface area contributed by atoms with Crippen LogP contribution in [0.15, 0.2) is 0 Å². The average molecular weight is 159 g/mol. The van der Waals surface area contributed by atoms with Crippen LogP contribution in [0.2, 0.25) is 0 Å². The highest BCUT2D eigenvalue weighted by atomic mass is 16.5. The first-order chi connectivity index (χ1) is 5.30. The molecule has 0 aromatic heterocycles. The summed E-state index contributed by atoms with van der Waals surface area (Å²) in [4.78, 5) is 12.6. The minimum Gasteiger partial charge on any atom is -0.379 e. The number of carbonyl (C=O) groups is 1. The monoisotopic (exact) mass is 159 g/mol. The molecule has 11 heavy (non-hydrogen) atoms. The van der Waals surface area contributed by atoms with E-state index >= 15 is 0 Å². The molecule has 0 saturated carbocycles. The van der Waals surface area contributed by atoms with Crippen molar-refractivity contribution in [2.24, 2.45) is 0 Å². The third kappa shape index (κ3) is 3.98. The molecule has 1 aliphatic rings. The number of carbonyl (C=O) groups excluding carboxylic acids is 1. The van der Waals surface area contributed by atoms with Crippen LogP contribution in [0.1, 0.15) is 20.3 Å². The van der Waals surface area contributed by atoms with E-state index in [9.17, 15) is 4.79 Å². The molecular weight excluding hydrogens is 142 g/mol. The zero-order valence-corrected chi connectivity index (χ0v) is 7.59. The summed E-state index contributed by atoms with van der Waals surface area (Å²) >= 11 is 0. The molecule has 1 aliphatic heterocycles. The van der Waals surface area contributed by atoms with Crippen LogP contribution in [-0.2, 0) is 9.53 Å². The molecule has 0 aliphatic carbocycles. The van der Waals surface area contributed by atoms with Crippen LogP contribution in [0.3, 0.4) is 0 Å². The van der Waals surface area contributed by atoms with Gasteiger partial charge in [0.15, 0.2) is 0 Å². The molecule has 0 bridgehead atoms. The lowest BCUT2D eigenvalue weighted by atomic mass is 10.4.